The second-order valence-electron chi connectivity index (χ2n) is 7.99. The molecular weight excluding hydrogens is 454 g/mol. The van der Waals surface area contributed by atoms with Gasteiger partial charge in [0.2, 0.25) is 0 Å². The fourth-order valence-electron chi connectivity index (χ4n) is 3.65. The predicted octanol–water partition coefficient (Wildman–Crippen LogP) is 3.79. The quantitative estimate of drug-likeness (QED) is 0.418. The van der Waals surface area contributed by atoms with E-state index in [1.54, 1.807) is 18.1 Å². The number of carbonyl (C=O) groups excluding carboxylic acids is 1. The molecule has 34 heavy (non-hydrogen) atoms. The van der Waals surface area contributed by atoms with E-state index in [0.717, 1.165) is 21.8 Å². The van der Waals surface area contributed by atoms with Gasteiger partial charge < -0.3 is 29.8 Å². The van der Waals surface area contributed by atoms with Crippen molar-refractivity contribution in [2.45, 2.75) is 43.6 Å². The van der Waals surface area contributed by atoms with Crippen LogP contribution in [0.3, 0.4) is 0 Å². The normalized spacial score (nSPS) is 20.1. The second-order valence-corrected chi connectivity index (χ2v) is 8.98. The Labute approximate surface area is 202 Å². The summed E-state index contributed by atoms with van der Waals surface area (Å²) in [4.78, 5) is 11.8. The minimum Gasteiger partial charge on any atom is -0.392 e. The van der Waals surface area contributed by atoms with Crippen molar-refractivity contribution in [3.8, 4) is 0 Å². The molecule has 1 aromatic heterocycles. The molecule has 2 aromatic carbocycles. The molecule has 3 N–H and O–H groups in total. The average Bonchev–Trinajstić information content (AvgIpc) is 3.28. The number of rotatable bonds is 8. The standard InChI is InChI=1S/C24H29N5O4S/c1-3-25-23(31)27-19-10-8-18(9-11-19)22-32-20(14-34-24-28-26-15-29(24)2)12-21(33-22)17-6-4-16(13-30)5-7-17/h4-11,15,20-22,30H,3,12-14H2,1-2H3,(H2,25,27,31). The molecule has 1 aliphatic heterocycles. The van der Waals surface area contributed by atoms with Crippen LogP contribution in [0.5, 0.6) is 0 Å². The summed E-state index contributed by atoms with van der Waals surface area (Å²) in [7, 11) is 1.91. The summed E-state index contributed by atoms with van der Waals surface area (Å²) in [5.41, 5.74) is 3.45. The monoisotopic (exact) mass is 483 g/mol. The first-order valence-electron chi connectivity index (χ1n) is 11.2. The molecule has 1 saturated heterocycles. The number of hydrogen-bond acceptors (Lipinski definition) is 7. The molecule has 3 atom stereocenters. The lowest BCUT2D eigenvalue weighted by atomic mass is 10.0. The minimum atomic E-state index is -0.556. The van der Waals surface area contributed by atoms with Crippen molar-refractivity contribution in [1.29, 1.82) is 0 Å². The maximum atomic E-state index is 11.8. The summed E-state index contributed by atoms with van der Waals surface area (Å²) in [6.45, 7) is 2.43. The lowest BCUT2D eigenvalue weighted by Crippen LogP contribution is -2.31. The number of ether oxygens (including phenoxy) is 2. The van der Waals surface area contributed by atoms with Crippen LogP contribution in [0.1, 0.15) is 42.4 Å². The Bertz CT molecular complexity index is 1070. The highest BCUT2D eigenvalue weighted by molar-refractivity contribution is 7.99. The van der Waals surface area contributed by atoms with Crippen LogP contribution in [-0.4, -0.2) is 44.3 Å². The van der Waals surface area contributed by atoms with Gasteiger partial charge >= 0.3 is 6.03 Å². The number of aryl methyl sites for hydroxylation is 1. The van der Waals surface area contributed by atoms with Gasteiger partial charge in [-0.05, 0) is 30.2 Å². The molecule has 3 aromatic rings. The van der Waals surface area contributed by atoms with Crippen LogP contribution in [-0.2, 0) is 23.1 Å². The number of nitrogens with one attached hydrogen (secondary N) is 2. The van der Waals surface area contributed by atoms with Gasteiger partial charge in [-0.25, -0.2) is 4.79 Å². The lowest BCUT2D eigenvalue weighted by Gasteiger charge is -2.36. The number of thioether (sulfide) groups is 1. The molecule has 180 valence electrons. The van der Waals surface area contributed by atoms with Gasteiger partial charge in [-0.3, -0.25) is 0 Å². The zero-order valence-electron chi connectivity index (χ0n) is 19.2. The number of aromatic nitrogens is 3. The summed E-state index contributed by atoms with van der Waals surface area (Å²) < 4.78 is 14.6. The number of carbonyl (C=O) groups is 1. The Kier molecular flexibility index (Phi) is 8.17. The molecule has 10 heteroatoms. The van der Waals surface area contributed by atoms with Crippen molar-refractivity contribution < 1.29 is 19.4 Å². The first-order valence-corrected chi connectivity index (χ1v) is 12.2. The van der Waals surface area contributed by atoms with E-state index in [0.29, 0.717) is 24.4 Å². The molecule has 0 aliphatic carbocycles. The van der Waals surface area contributed by atoms with Crippen LogP contribution in [0.2, 0.25) is 0 Å². The lowest BCUT2D eigenvalue weighted by molar-refractivity contribution is -0.245. The average molecular weight is 484 g/mol. The predicted molar refractivity (Wildman–Crippen MR) is 129 cm³/mol. The number of amides is 2. The SMILES string of the molecule is CCNC(=O)Nc1ccc(C2OC(CSc3nncn3C)CC(c3ccc(CO)cc3)O2)cc1. The molecule has 2 heterocycles. The Balaban J connectivity index is 1.50. The van der Waals surface area contributed by atoms with Gasteiger partial charge in [0.1, 0.15) is 6.33 Å². The number of aliphatic hydroxyl groups excluding tert-OH is 1. The van der Waals surface area contributed by atoms with Gasteiger partial charge in [0, 0.05) is 37.0 Å². The van der Waals surface area contributed by atoms with Crippen LogP contribution in [0.25, 0.3) is 0 Å². The van der Waals surface area contributed by atoms with Crippen molar-refractivity contribution >= 4 is 23.5 Å². The van der Waals surface area contributed by atoms with Crippen LogP contribution < -0.4 is 10.6 Å². The molecule has 9 nitrogen and oxygen atoms in total. The molecule has 4 rings (SSSR count). The fraction of sp³-hybridized carbons (Fsp3) is 0.375. The van der Waals surface area contributed by atoms with Crippen molar-refractivity contribution in [1.82, 2.24) is 20.1 Å². The van der Waals surface area contributed by atoms with Gasteiger partial charge in [-0.2, -0.15) is 0 Å². The van der Waals surface area contributed by atoms with Crippen molar-refractivity contribution in [2.24, 2.45) is 7.05 Å². The van der Waals surface area contributed by atoms with Gasteiger partial charge in [-0.1, -0.05) is 48.2 Å². The van der Waals surface area contributed by atoms with Crippen molar-refractivity contribution in [3.63, 3.8) is 0 Å². The summed E-state index contributed by atoms with van der Waals surface area (Å²) in [6, 6.07) is 15.0. The fourth-order valence-corrected chi connectivity index (χ4v) is 4.56. The second kappa shape index (κ2) is 11.5. The number of urea groups is 1. The van der Waals surface area contributed by atoms with Gasteiger partial charge in [0.25, 0.3) is 0 Å². The van der Waals surface area contributed by atoms with Crippen molar-refractivity contribution in [3.05, 3.63) is 71.5 Å². The van der Waals surface area contributed by atoms with E-state index in [4.69, 9.17) is 9.47 Å². The highest BCUT2D eigenvalue weighted by Crippen LogP contribution is 2.39. The van der Waals surface area contributed by atoms with Crippen LogP contribution in [0.15, 0.2) is 60.0 Å². The maximum absolute atomic E-state index is 11.8. The summed E-state index contributed by atoms with van der Waals surface area (Å²) >= 11 is 1.60. The number of anilines is 1. The van der Waals surface area contributed by atoms with E-state index >= 15 is 0 Å². The number of nitrogens with zero attached hydrogens (tertiary/aromatic N) is 3. The van der Waals surface area contributed by atoms with Crippen LogP contribution in [0.4, 0.5) is 10.5 Å². The molecule has 3 unspecified atom stereocenters. The Morgan fingerprint density at radius 1 is 1.15 bits per heavy atom. The Morgan fingerprint density at radius 2 is 1.88 bits per heavy atom. The Hall–Kier alpha value is -2.92. The smallest absolute Gasteiger partial charge is 0.319 e. The first-order chi connectivity index (χ1) is 16.6. The third-order valence-electron chi connectivity index (χ3n) is 5.46. The molecule has 0 radical (unpaired) electrons. The third kappa shape index (κ3) is 6.15. The zero-order valence-corrected chi connectivity index (χ0v) is 20.0. The van der Waals surface area contributed by atoms with Gasteiger partial charge in [0.05, 0.1) is 18.8 Å². The molecule has 0 saturated carbocycles. The largest absolute Gasteiger partial charge is 0.392 e. The number of benzene rings is 2. The molecular formula is C24H29N5O4S. The first kappa shape index (κ1) is 24.2. The van der Waals surface area contributed by atoms with Gasteiger partial charge in [-0.15, -0.1) is 10.2 Å². The van der Waals surface area contributed by atoms with E-state index < -0.39 is 6.29 Å². The van der Waals surface area contributed by atoms with E-state index in [-0.39, 0.29) is 24.8 Å². The summed E-state index contributed by atoms with van der Waals surface area (Å²) in [5.74, 6) is 0.703. The number of hydrogen-bond donors (Lipinski definition) is 3. The van der Waals surface area contributed by atoms with E-state index in [1.165, 1.54) is 0 Å². The summed E-state index contributed by atoms with van der Waals surface area (Å²) in [5, 5.41) is 23.8. The molecule has 2 amide bonds. The highest BCUT2D eigenvalue weighted by atomic mass is 32.2. The van der Waals surface area contributed by atoms with Crippen molar-refractivity contribution in [2.75, 3.05) is 17.6 Å². The zero-order chi connectivity index (χ0) is 23.9. The topological polar surface area (TPSA) is 111 Å². The highest BCUT2D eigenvalue weighted by Gasteiger charge is 2.32. The summed E-state index contributed by atoms with van der Waals surface area (Å²) in [6.07, 6.45) is 1.58. The third-order valence-corrected chi connectivity index (χ3v) is 6.63. The van der Waals surface area contributed by atoms with Crippen LogP contribution >= 0.6 is 11.8 Å². The van der Waals surface area contributed by atoms with E-state index in [1.807, 2.05) is 67.1 Å². The number of aliphatic hydroxyl groups is 1. The van der Waals surface area contributed by atoms with Crippen LogP contribution in [0, 0.1) is 0 Å². The molecule has 1 aliphatic rings. The molecule has 0 spiro atoms. The minimum absolute atomic E-state index is 0.00513. The molecule has 0 bridgehead atoms. The maximum Gasteiger partial charge on any atom is 0.319 e. The van der Waals surface area contributed by atoms with Gasteiger partial charge in [0.15, 0.2) is 11.4 Å². The van der Waals surface area contributed by atoms with E-state index in [2.05, 4.69) is 20.8 Å². The van der Waals surface area contributed by atoms with E-state index in [9.17, 15) is 9.90 Å². The Morgan fingerprint density at radius 3 is 2.53 bits per heavy atom. The molecule has 1 fully saturated rings.